The first-order chi connectivity index (χ1) is 12.2. The van der Waals surface area contributed by atoms with Gasteiger partial charge in [-0.15, -0.1) is 0 Å². The minimum Gasteiger partial charge on any atom is -0.480 e. The van der Waals surface area contributed by atoms with Crippen molar-refractivity contribution in [1.29, 1.82) is 0 Å². The number of hydrogen-bond donors (Lipinski definition) is 2. The summed E-state index contributed by atoms with van der Waals surface area (Å²) in [6.45, 7) is 1.91. The fourth-order valence-electron chi connectivity index (χ4n) is 3.02. The molecule has 1 aliphatic rings. The lowest BCUT2D eigenvalue weighted by molar-refractivity contribution is -0.127. The van der Waals surface area contributed by atoms with Crippen molar-refractivity contribution in [3.8, 4) is 17.0 Å². The van der Waals surface area contributed by atoms with Crippen LogP contribution in [0.2, 0.25) is 0 Å². The van der Waals surface area contributed by atoms with E-state index in [1.54, 1.807) is 6.20 Å². The van der Waals surface area contributed by atoms with E-state index in [0.717, 1.165) is 28.4 Å². The van der Waals surface area contributed by atoms with Crippen LogP contribution in [0.3, 0.4) is 0 Å². The summed E-state index contributed by atoms with van der Waals surface area (Å²) in [4.78, 5) is 20.2. The Morgan fingerprint density at radius 1 is 1.20 bits per heavy atom. The molecule has 1 amide bonds. The number of amides is 1. The molecule has 0 spiro atoms. The molecule has 0 saturated carbocycles. The van der Waals surface area contributed by atoms with E-state index >= 15 is 0 Å². The van der Waals surface area contributed by atoms with Crippen LogP contribution in [0.25, 0.3) is 11.3 Å². The molecule has 5 heteroatoms. The molecule has 0 fully saturated rings. The molecule has 2 atom stereocenters. The van der Waals surface area contributed by atoms with Crippen LogP contribution in [0.4, 0.5) is 0 Å². The predicted octanol–water partition coefficient (Wildman–Crippen LogP) is 3.26. The van der Waals surface area contributed by atoms with E-state index in [9.17, 15) is 4.79 Å². The van der Waals surface area contributed by atoms with Gasteiger partial charge in [-0.25, -0.2) is 4.98 Å². The van der Waals surface area contributed by atoms with E-state index < -0.39 is 6.10 Å². The lowest BCUT2D eigenvalue weighted by Crippen LogP contribution is -2.39. The van der Waals surface area contributed by atoms with E-state index in [0.29, 0.717) is 6.42 Å². The Bertz CT molecular complexity index is 864. The molecule has 1 aromatic heterocycles. The fraction of sp³-hybridized carbons (Fsp3) is 0.200. The molecular formula is C20H19N3O2. The Morgan fingerprint density at radius 3 is 2.76 bits per heavy atom. The highest BCUT2D eigenvalue weighted by atomic mass is 16.5. The van der Waals surface area contributed by atoms with Crippen molar-refractivity contribution in [2.24, 2.45) is 0 Å². The molecule has 3 aromatic rings. The first-order valence-electron chi connectivity index (χ1n) is 8.36. The maximum absolute atomic E-state index is 12.5. The number of hydrogen-bond acceptors (Lipinski definition) is 3. The second-order valence-electron chi connectivity index (χ2n) is 6.20. The predicted molar refractivity (Wildman–Crippen MR) is 95.1 cm³/mol. The molecule has 2 unspecified atom stereocenters. The molecule has 0 saturated heterocycles. The summed E-state index contributed by atoms with van der Waals surface area (Å²) in [5.74, 6) is 1.39. The van der Waals surface area contributed by atoms with Crippen LogP contribution in [0.1, 0.15) is 24.4 Å². The fourth-order valence-corrected chi connectivity index (χ4v) is 3.02. The third kappa shape index (κ3) is 3.13. The number of benzene rings is 2. The molecular weight excluding hydrogens is 314 g/mol. The number of nitrogens with one attached hydrogen (secondary N) is 2. The Kier molecular flexibility index (Phi) is 3.98. The van der Waals surface area contributed by atoms with Crippen molar-refractivity contribution in [2.75, 3.05) is 0 Å². The average molecular weight is 333 g/mol. The SMILES string of the molecule is CC(NC(=O)C1Cc2ccccc2O1)c1ncc(-c2ccccc2)[nH]1. The summed E-state index contributed by atoms with van der Waals surface area (Å²) in [5.41, 5.74) is 3.07. The summed E-state index contributed by atoms with van der Waals surface area (Å²) < 4.78 is 5.74. The van der Waals surface area contributed by atoms with Gasteiger partial charge in [-0.1, -0.05) is 48.5 Å². The number of carbonyl (C=O) groups excluding carboxylic acids is 1. The minimum atomic E-state index is -0.483. The maximum Gasteiger partial charge on any atom is 0.262 e. The highest BCUT2D eigenvalue weighted by Crippen LogP contribution is 2.28. The van der Waals surface area contributed by atoms with Gasteiger partial charge in [0.15, 0.2) is 6.10 Å². The number of imidazole rings is 1. The van der Waals surface area contributed by atoms with Crippen molar-refractivity contribution in [1.82, 2.24) is 15.3 Å². The van der Waals surface area contributed by atoms with Gasteiger partial charge in [0.2, 0.25) is 0 Å². The number of para-hydroxylation sites is 1. The summed E-state index contributed by atoms with van der Waals surface area (Å²) in [6, 6.07) is 17.5. The second-order valence-corrected chi connectivity index (χ2v) is 6.20. The third-order valence-corrected chi connectivity index (χ3v) is 4.39. The van der Waals surface area contributed by atoms with Crippen molar-refractivity contribution in [3.05, 3.63) is 72.2 Å². The van der Waals surface area contributed by atoms with E-state index in [2.05, 4.69) is 15.3 Å². The zero-order chi connectivity index (χ0) is 17.2. The number of carbonyl (C=O) groups is 1. The van der Waals surface area contributed by atoms with Crippen LogP contribution < -0.4 is 10.1 Å². The van der Waals surface area contributed by atoms with E-state index in [1.165, 1.54) is 0 Å². The number of aromatic nitrogens is 2. The molecule has 5 nitrogen and oxygen atoms in total. The Labute approximate surface area is 146 Å². The number of aromatic amines is 1. The zero-order valence-electron chi connectivity index (χ0n) is 13.9. The minimum absolute atomic E-state index is 0.124. The summed E-state index contributed by atoms with van der Waals surface area (Å²) in [5, 5.41) is 2.98. The van der Waals surface area contributed by atoms with Crippen molar-refractivity contribution in [2.45, 2.75) is 25.5 Å². The summed E-state index contributed by atoms with van der Waals surface area (Å²) >= 11 is 0. The molecule has 1 aliphatic heterocycles. The lowest BCUT2D eigenvalue weighted by atomic mass is 10.1. The van der Waals surface area contributed by atoms with Gasteiger partial charge in [-0.3, -0.25) is 4.79 Å². The van der Waals surface area contributed by atoms with E-state index in [-0.39, 0.29) is 11.9 Å². The molecule has 25 heavy (non-hydrogen) atoms. The number of ether oxygens (including phenoxy) is 1. The smallest absolute Gasteiger partial charge is 0.262 e. The first-order valence-corrected chi connectivity index (χ1v) is 8.36. The molecule has 2 aromatic carbocycles. The van der Waals surface area contributed by atoms with Crippen molar-refractivity contribution in [3.63, 3.8) is 0 Å². The van der Waals surface area contributed by atoms with Crippen LogP contribution in [-0.4, -0.2) is 22.0 Å². The maximum atomic E-state index is 12.5. The normalized spacial score (nSPS) is 16.8. The van der Waals surface area contributed by atoms with Crippen LogP contribution in [0.15, 0.2) is 60.8 Å². The number of rotatable bonds is 4. The van der Waals surface area contributed by atoms with Crippen molar-refractivity contribution >= 4 is 5.91 Å². The van der Waals surface area contributed by atoms with Gasteiger partial charge >= 0.3 is 0 Å². The lowest BCUT2D eigenvalue weighted by Gasteiger charge is -2.15. The van der Waals surface area contributed by atoms with Crippen molar-refractivity contribution < 1.29 is 9.53 Å². The van der Waals surface area contributed by atoms with Gasteiger partial charge in [-0.2, -0.15) is 0 Å². The molecule has 4 rings (SSSR count). The molecule has 0 radical (unpaired) electrons. The molecule has 126 valence electrons. The van der Waals surface area contributed by atoms with Gasteiger partial charge < -0.3 is 15.0 Å². The number of nitrogens with zero attached hydrogens (tertiary/aromatic N) is 1. The molecule has 2 heterocycles. The highest BCUT2D eigenvalue weighted by Gasteiger charge is 2.30. The Morgan fingerprint density at radius 2 is 1.96 bits per heavy atom. The number of H-pyrrole nitrogens is 1. The number of fused-ring (bicyclic) bond motifs is 1. The molecule has 0 aliphatic carbocycles. The van der Waals surface area contributed by atoms with Gasteiger partial charge in [0.25, 0.3) is 5.91 Å². The zero-order valence-corrected chi connectivity index (χ0v) is 13.9. The first kappa shape index (κ1) is 15.4. The third-order valence-electron chi connectivity index (χ3n) is 4.39. The van der Waals surface area contributed by atoms with E-state index in [1.807, 2.05) is 61.5 Å². The topological polar surface area (TPSA) is 67.0 Å². The van der Waals surface area contributed by atoms with Crippen LogP contribution >= 0.6 is 0 Å². The second kappa shape index (κ2) is 6.43. The standard InChI is InChI=1S/C20H19N3O2/c1-13(19-21-12-16(23-19)14-7-3-2-4-8-14)22-20(24)18-11-15-9-5-6-10-17(15)25-18/h2-10,12-13,18H,11H2,1H3,(H,21,23)(H,22,24). The van der Waals surface area contributed by atoms with Gasteiger partial charge in [0.05, 0.1) is 17.9 Å². The quantitative estimate of drug-likeness (QED) is 0.770. The Hall–Kier alpha value is -3.08. The largest absolute Gasteiger partial charge is 0.480 e. The van der Waals surface area contributed by atoms with Crippen LogP contribution in [-0.2, 0) is 11.2 Å². The van der Waals surface area contributed by atoms with Gasteiger partial charge in [0.1, 0.15) is 11.6 Å². The van der Waals surface area contributed by atoms with Gasteiger partial charge in [0, 0.05) is 6.42 Å². The van der Waals surface area contributed by atoms with Gasteiger partial charge in [-0.05, 0) is 24.1 Å². The van der Waals surface area contributed by atoms with Crippen LogP contribution in [0, 0.1) is 0 Å². The summed E-state index contributed by atoms with van der Waals surface area (Å²) in [7, 11) is 0. The summed E-state index contributed by atoms with van der Waals surface area (Å²) in [6.07, 6.45) is 1.90. The van der Waals surface area contributed by atoms with E-state index in [4.69, 9.17) is 4.74 Å². The average Bonchev–Trinajstić information content (AvgIpc) is 3.29. The monoisotopic (exact) mass is 333 g/mol. The molecule has 2 N–H and O–H groups in total. The Balaban J connectivity index is 1.42. The van der Waals surface area contributed by atoms with Crippen LogP contribution in [0.5, 0.6) is 5.75 Å². The molecule has 0 bridgehead atoms. The highest BCUT2D eigenvalue weighted by molar-refractivity contribution is 5.82.